The zero-order valence-corrected chi connectivity index (χ0v) is 18.8. The highest BCUT2D eigenvalue weighted by Gasteiger charge is 2.51. The van der Waals surface area contributed by atoms with E-state index in [2.05, 4.69) is 15.9 Å². The molecule has 1 aromatic heterocycles. The summed E-state index contributed by atoms with van der Waals surface area (Å²) in [7, 11) is 0. The van der Waals surface area contributed by atoms with E-state index < -0.39 is 11.5 Å². The smallest absolute Gasteiger partial charge is 0.264 e. The summed E-state index contributed by atoms with van der Waals surface area (Å²) in [6, 6.07) is 22.4. The molecule has 154 valence electrons. The fourth-order valence-electron chi connectivity index (χ4n) is 4.21. The van der Waals surface area contributed by atoms with E-state index in [1.54, 1.807) is 28.4 Å². The Balaban J connectivity index is 1.55. The minimum atomic E-state index is -1.91. The van der Waals surface area contributed by atoms with Gasteiger partial charge >= 0.3 is 0 Å². The molecule has 4 nitrogen and oxygen atoms in total. The third-order valence-corrected chi connectivity index (χ3v) is 7.05. The summed E-state index contributed by atoms with van der Waals surface area (Å²) in [5.74, 6) is -0.737. The lowest BCUT2D eigenvalue weighted by Gasteiger charge is -2.23. The molecule has 1 unspecified atom stereocenters. The number of fused-ring (bicyclic) bond motifs is 2. The number of rotatable bonds is 5. The second-order valence-corrected chi connectivity index (χ2v) is 9.57. The van der Waals surface area contributed by atoms with Crippen molar-refractivity contribution < 1.29 is 14.7 Å². The Kier molecular flexibility index (Phi) is 5.01. The minimum Gasteiger partial charge on any atom is -0.375 e. The van der Waals surface area contributed by atoms with Crippen LogP contribution in [-0.2, 0) is 16.9 Å². The quantitative estimate of drug-likeness (QED) is 0.365. The van der Waals surface area contributed by atoms with Crippen LogP contribution in [0, 0.1) is 0 Å². The summed E-state index contributed by atoms with van der Waals surface area (Å²) in [6.45, 7) is 0.357. The number of Topliss-reactive ketones (excluding diaryl/α,β-unsaturated/α-hetero) is 1. The number of hydrogen-bond donors (Lipinski definition) is 1. The molecule has 0 radical (unpaired) electrons. The number of hydrogen-bond acceptors (Lipinski definition) is 4. The number of thiophene rings is 1. The van der Waals surface area contributed by atoms with Crippen molar-refractivity contribution in [2.45, 2.75) is 18.6 Å². The van der Waals surface area contributed by atoms with E-state index in [4.69, 9.17) is 0 Å². The van der Waals surface area contributed by atoms with Crippen LogP contribution in [0.5, 0.6) is 0 Å². The van der Waals surface area contributed by atoms with Gasteiger partial charge in [-0.1, -0.05) is 64.5 Å². The first-order chi connectivity index (χ1) is 15.0. The van der Waals surface area contributed by atoms with Gasteiger partial charge in [-0.15, -0.1) is 11.3 Å². The molecule has 0 spiro atoms. The van der Waals surface area contributed by atoms with Crippen LogP contribution in [0.1, 0.15) is 27.2 Å². The largest absolute Gasteiger partial charge is 0.375 e. The van der Waals surface area contributed by atoms with E-state index in [9.17, 15) is 14.7 Å². The van der Waals surface area contributed by atoms with Crippen LogP contribution < -0.4 is 4.90 Å². The van der Waals surface area contributed by atoms with E-state index >= 15 is 0 Å². The number of ketones is 1. The zero-order chi connectivity index (χ0) is 21.6. The summed E-state index contributed by atoms with van der Waals surface area (Å²) in [5.41, 5.74) is -0.316. The van der Waals surface area contributed by atoms with Crippen molar-refractivity contribution in [1.82, 2.24) is 0 Å². The van der Waals surface area contributed by atoms with Gasteiger partial charge in [-0.25, -0.2) is 0 Å². The second-order valence-electron chi connectivity index (χ2n) is 7.62. The third-order valence-electron chi connectivity index (χ3n) is 5.69. The lowest BCUT2D eigenvalue weighted by atomic mass is 9.87. The average Bonchev–Trinajstić information content (AvgIpc) is 3.35. The maximum atomic E-state index is 13.5. The number of halogens is 1. The number of anilines is 1. The van der Waals surface area contributed by atoms with Crippen LogP contribution in [0.4, 0.5) is 5.69 Å². The molecule has 1 aliphatic rings. The van der Waals surface area contributed by atoms with Gasteiger partial charge in [-0.2, -0.15) is 0 Å². The van der Waals surface area contributed by atoms with Gasteiger partial charge in [0, 0.05) is 20.5 Å². The predicted molar refractivity (Wildman–Crippen MR) is 126 cm³/mol. The predicted octanol–water partition coefficient (Wildman–Crippen LogP) is 5.67. The molecule has 0 bridgehead atoms. The lowest BCUT2D eigenvalue weighted by Crippen LogP contribution is -2.41. The van der Waals surface area contributed by atoms with Crippen LogP contribution >= 0.6 is 27.3 Å². The van der Waals surface area contributed by atoms with Gasteiger partial charge in [0.15, 0.2) is 11.4 Å². The Bertz CT molecular complexity index is 1310. The van der Waals surface area contributed by atoms with Gasteiger partial charge in [0.1, 0.15) is 0 Å². The van der Waals surface area contributed by atoms with E-state index in [1.807, 2.05) is 66.0 Å². The molecule has 1 N–H and O–H groups in total. The molecule has 5 rings (SSSR count). The molecule has 1 atom stereocenters. The standard InChI is InChI=1S/C25H18BrNO3S/c26-17-10-11-22-21(13-17)25(30,24(29)27(22)15-18-7-4-12-31-18)14-23(28)20-9-3-6-16-5-1-2-8-19(16)20/h1-13,30H,14-15H2. The molecular formula is C25H18BrNO3S. The van der Waals surface area contributed by atoms with Crippen molar-refractivity contribution in [2.75, 3.05) is 4.90 Å². The maximum Gasteiger partial charge on any atom is 0.264 e. The average molecular weight is 492 g/mol. The number of carbonyl (C=O) groups excluding carboxylic acids is 2. The van der Waals surface area contributed by atoms with Crippen molar-refractivity contribution in [2.24, 2.45) is 0 Å². The topological polar surface area (TPSA) is 57.6 Å². The molecule has 0 saturated carbocycles. The van der Waals surface area contributed by atoms with Crippen molar-refractivity contribution in [3.05, 3.63) is 98.7 Å². The molecule has 31 heavy (non-hydrogen) atoms. The van der Waals surface area contributed by atoms with Crippen LogP contribution in [0.2, 0.25) is 0 Å². The van der Waals surface area contributed by atoms with Crippen LogP contribution in [0.25, 0.3) is 10.8 Å². The molecule has 0 fully saturated rings. The first-order valence-electron chi connectivity index (χ1n) is 9.85. The van der Waals surface area contributed by atoms with E-state index in [0.717, 1.165) is 20.1 Å². The van der Waals surface area contributed by atoms with Crippen molar-refractivity contribution in [3.63, 3.8) is 0 Å². The molecule has 1 amide bonds. The molecule has 0 saturated heterocycles. The molecule has 4 aromatic rings. The van der Waals surface area contributed by atoms with Crippen molar-refractivity contribution >= 4 is 55.4 Å². The van der Waals surface area contributed by atoms with Crippen LogP contribution in [-0.4, -0.2) is 16.8 Å². The Morgan fingerprint density at radius 2 is 1.84 bits per heavy atom. The lowest BCUT2D eigenvalue weighted by molar-refractivity contribution is -0.136. The first-order valence-corrected chi connectivity index (χ1v) is 11.5. The Labute approximate surface area is 191 Å². The van der Waals surface area contributed by atoms with Crippen molar-refractivity contribution in [3.8, 4) is 0 Å². The van der Waals surface area contributed by atoms with Gasteiger partial charge in [-0.05, 0) is 40.4 Å². The highest BCUT2D eigenvalue weighted by molar-refractivity contribution is 9.10. The fourth-order valence-corrected chi connectivity index (χ4v) is 5.26. The number of amides is 1. The number of carbonyl (C=O) groups is 2. The van der Waals surface area contributed by atoms with Crippen molar-refractivity contribution in [1.29, 1.82) is 0 Å². The highest BCUT2D eigenvalue weighted by atomic mass is 79.9. The highest BCUT2D eigenvalue weighted by Crippen LogP contribution is 2.45. The summed E-state index contributed by atoms with van der Waals surface area (Å²) in [6.07, 6.45) is -0.315. The molecule has 3 aromatic carbocycles. The summed E-state index contributed by atoms with van der Waals surface area (Å²) < 4.78 is 0.744. The zero-order valence-electron chi connectivity index (χ0n) is 16.4. The molecule has 0 aliphatic carbocycles. The summed E-state index contributed by atoms with van der Waals surface area (Å²) >= 11 is 4.99. The Morgan fingerprint density at radius 1 is 1.03 bits per heavy atom. The Morgan fingerprint density at radius 3 is 2.65 bits per heavy atom. The molecular weight excluding hydrogens is 474 g/mol. The van der Waals surface area contributed by atoms with E-state index in [1.165, 1.54) is 0 Å². The molecule has 1 aliphatic heterocycles. The second kappa shape index (κ2) is 7.71. The normalized spacial score (nSPS) is 17.9. The van der Waals surface area contributed by atoms with Crippen LogP contribution in [0.15, 0.2) is 82.6 Å². The SMILES string of the molecule is O=C(CC1(O)C(=O)N(Cc2cccs2)c2ccc(Br)cc21)c1cccc2ccccc12. The maximum absolute atomic E-state index is 13.5. The fraction of sp³-hybridized carbons (Fsp3) is 0.120. The molecule has 2 heterocycles. The third kappa shape index (κ3) is 3.41. The Hall–Kier alpha value is -2.80. The van der Waals surface area contributed by atoms with Gasteiger partial charge < -0.3 is 10.0 Å². The van der Waals surface area contributed by atoms with Gasteiger partial charge in [0.2, 0.25) is 0 Å². The monoisotopic (exact) mass is 491 g/mol. The summed E-state index contributed by atoms with van der Waals surface area (Å²) in [4.78, 5) is 29.4. The van der Waals surface area contributed by atoms with E-state index in [0.29, 0.717) is 23.4 Å². The van der Waals surface area contributed by atoms with Gasteiger partial charge in [0.25, 0.3) is 5.91 Å². The summed E-state index contributed by atoms with van der Waals surface area (Å²) in [5, 5.41) is 15.3. The minimum absolute atomic E-state index is 0.267. The number of nitrogens with zero attached hydrogens (tertiary/aromatic N) is 1. The van der Waals surface area contributed by atoms with Gasteiger partial charge in [0.05, 0.1) is 18.7 Å². The van der Waals surface area contributed by atoms with Gasteiger partial charge in [-0.3, -0.25) is 9.59 Å². The number of aliphatic hydroxyl groups is 1. The first kappa shape index (κ1) is 20.1. The number of benzene rings is 3. The molecule has 6 heteroatoms. The van der Waals surface area contributed by atoms with Crippen LogP contribution in [0.3, 0.4) is 0 Å². The van der Waals surface area contributed by atoms with E-state index in [-0.39, 0.29) is 12.2 Å².